The summed E-state index contributed by atoms with van der Waals surface area (Å²) in [5, 5.41) is 2.61. The monoisotopic (exact) mass is 437 g/mol. The molecule has 1 atom stereocenters. The minimum atomic E-state index is -0.561. The van der Waals surface area contributed by atoms with Crippen LogP contribution in [0, 0.1) is 5.82 Å². The van der Waals surface area contributed by atoms with Crippen LogP contribution in [0.25, 0.3) is 0 Å². The van der Waals surface area contributed by atoms with Crippen molar-refractivity contribution >= 4 is 39.5 Å². The molecule has 162 valence electrons. The fraction of sp³-hybridized carbons (Fsp3) is 0.550. The van der Waals surface area contributed by atoms with Crippen molar-refractivity contribution in [3.05, 3.63) is 24.0 Å². The number of benzene rings is 1. The van der Waals surface area contributed by atoms with Gasteiger partial charge in [-0.2, -0.15) is 0 Å². The number of anilines is 2. The number of carbonyl (C=O) groups excluding carboxylic acids is 2. The van der Waals surface area contributed by atoms with E-state index in [0.29, 0.717) is 61.6 Å². The van der Waals surface area contributed by atoms with Crippen molar-refractivity contribution in [3.8, 4) is 0 Å². The first kappa shape index (κ1) is 20.8. The van der Waals surface area contributed by atoms with Gasteiger partial charge in [0.05, 0.1) is 47.2 Å². The van der Waals surface area contributed by atoms with Gasteiger partial charge in [0.25, 0.3) is 0 Å². The minimum absolute atomic E-state index is 0.204. The van der Waals surface area contributed by atoms with Gasteiger partial charge in [0.1, 0.15) is 17.5 Å². The molecular weight excluding hydrogens is 413 g/mol. The van der Waals surface area contributed by atoms with Gasteiger partial charge in [-0.05, 0) is 31.0 Å². The summed E-state index contributed by atoms with van der Waals surface area (Å²) in [6.45, 7) is 3.60. The van der Waals surface area contributed by atoms with Crippen LogP contribution in [-0.2, 0) is 25.5 Å². The number of ether oxygens (including phenoxy) is 2. The lowest BCUT2D eigenvalue weighted by Crippen LogP contribution is -2.48. The van der Waals surface area contributed by atoms with Crippen molar-refractivity contribution in [1.29, 1.82) is 0 Å². The first-order chi connectivity index (χ1) is 14.4. The summed E-state index contributed by atoms with van der Waals surface area (Å²) in [5.41, 5.74) is 0.407. The highest BCUT2D eigenvalue weighted by Gasteiger charge is 2.44. The molecule has 3 saturated heterocycles. The average molecular weight is 437 g/mol. The molecule has 1 spiro atoms. The van der Waals surface area contributed by atoms with Crippen LogP contribution in [0.3, 0.4) is 0 Å². The number of halogens is 1. The second-order valence-corrected chi connectivity index (χ2v) is 8.43. The van der Waals surface area contributed by atoms with E-state index < -0.39 is 23.6 Å². The molecule has 30 heavy (non-hydrogen) atoms. The molecule has 3 fully saturated rings. The highest BCUT2D eigenvalue weighted by molar-refractivity contribution is 7.66. The van der Waals surface area contributed by atoms with Crippen molar-refractivity contribution in [1.82, 2.24) is 5.32 Å². The van der Waals surface area contributed by atoms with Gasteiger partial charge in [0.2, 0.25) is 5.91 Å². The van der Waals surface area contributed by atoms with E-state index in [9.17, 15) is 18.2 Å². The van der Waals surface area contributed by atoms with Crippen LogP contribution in [0.15, 0.2) is 18.2 Å². The van der Waals surface area contributed by atoms with Crippen molar-refractivity contribution < 1.29 is 27.7 Å². The van der Waals surface area contributed by atoms with E-state index >= 15 is 0 Å². The predicted octanol–water partition coefficient (Wildman–Crippen LogP) is 1.43. The first-order valence-electron chi connectivity index (χ1n) is 9.99. The van der Waals surface area contributed by atoms with E-state index in [2.05, 4.69) is 5.32 Å². The highest BCUT2D eigenvalue weighted by Crippen LogP contribution is 2.36. The Morgan fingerprint density at radius 2 is 2.13 bits per heavy atom. The van der Waals surface area contributed by atoms with Crippen LogP contribution in [0.1, 0.15) is 26.2 Å². The maximum Gasteiger partial charge on any atom is 0.414 e. The number of amides is 2. The van der Waals surface area contributed by atoms with E-state index in [4.69, 9.17) is 9.47 Å². The molecule has 0 aromatic heterocycles. The van der Waals surface area contributed by atoms with Crippen LogP contribution < -0.4 is 15.1 Å². The molecule has 0 bridgehead atoms. The molecule has 2 amide bonds. The number of rotatable bonds is 4. The van der Waals surface area contributed by atoms with Crippen molar-refractivity contribution in [3.63, 3.8) is 0 Å². The van der Waals surface area contributed by atoms with E-state index in [0.717, 1.165) is 4.86 Å². The molecule has 1 aromatic carbocycles. The van der Waals surface area contributed by atoms with E-state index in [-0.39, 0.29) is 19.0 Å². The summed E-state index contributed by atoms with van der Waals surface area (Å²) in [4.78, 5) is 27.3. The zero-order valence-electron chi connectivity index (χ0n) is 16.7. The maximum atomic E-state index is 14.9. The van der Waals surface area contributed by atoms with Crippen LogP contribution in [0.2, 0.25) is 0 Å². The van der Waals surface area contributed by atoms with Gasteiger partial charge in [-0.25, -0.2) is 13.4 Å². The molecule has 3 aliphatic heterocycles. The molecule has 0 saturated carbocycles. The van der Waals surface area contributed by atoms with Gasteiger partial charge in [-0.15, -0.1) is 0 Å². The van der Waals surface area contributed by atoms with Gasteiger partial charge < -0.3 is 19.7 Å². The Morgan fingerprint density at radius 1 is 1.37 bits per heavy atom. The third-order valence-electron chi connectivity index (χ3n) is 5.92. The van der Waals surface area contributed by atoms with E-state index in [1.807, 2.05) is 4.90 Å². The molecule has 0 radical (unpaired) electrons. The summed E-state index contributed by atoms with van der Waals surface area (Å²) in [5.74, 6) is -0.624. The van der Waals surface area contributed by atoms with Crippen molar-refractivity contribution in [2.24, 2.45) is 0 Å². The number of hydrogen-bond acceptors (Lipinski definition) is 6. The lowest BCUT2D eigenvalue weighted by Gasteiger charge is -2.39. The van der Waals surface area contributed by atoms with Crippen molar-refractivity contribution in [2.75, 3.05) is 42.6 Å². The van der Waals surface area contributed by atoms with Gasteiger partial charge in [-0.1, -0.05) is 0 Å². The van der Waals surface area contributed by atoms with Gasteiger partial charge in [0, 0.05) is 26.4 Å². The molecule has 8 nitrogen and oxygen atoms in total. The molecule has 0 aliphatic carbocycles. The number of nitrogens with one attached hydrogen (secondary N) is 1. The average Bonchev–Trinajstić information content (AvgIpc) is 3.30. The Morgan fingerprint density at radius 3 is 2.80 bits per heavy atom. The number of hydrogen-bond donors (Lipinski definition) is 1. The smallest absolute Gasteiger partial charge is 0.414 e. The predicted molar refractivity (Wildman–Crippen MR) is 111 cm³/mol. The zero-order chi connectivity index (χ0) is 21.3. The molecule has 0 unspecified atom stereocenters. The molecular formula is C20H24FN3O5S. The molecule has 3 heterocycles. The zero-order valence-corrected chi connectivity index (χ0v) is 17.5. The third kappa shape index (κ3) is 3.93. The van der Waals surface area contributed by atoms with Crippen molar-refractivity contribution in [2.45, 2.75) is 37.9 Å². The second-order valence-electron chi connectivity index (χ2n) is 7.78. The molecule has 4 rings (SSSR count). The number of piperidine rings is 1. The molecule has 3 aliphatic rings. The Labute approximate surface area is 177 Å². The summed E-state index contributed by atoms with van der Waals surface area (Å²) in [6.07, 6.45) is 0.961. The summed E-state index contributed by atoms with van der Waals surface area (Å²) in [7, 11) is 0. The number of cyclic esters (lactones) is 1. The van der Waals surface area contributed by atoms with E-state index in [1.54, 1.807) is 12.1 Å². The Kier molecular flexibility index (Phi) is 5.79. The lowest BCUT2D eigenvalue weighted by atomic mass is 9.88. The fourth-order valence-corrected chi connectivity index (χ4v) is 4.89. The quantitative estimate of drug-likeness (QED) is 0.717. The Balaban J connectivity index is 1.42. The normalized spacial score (nSPS) is 23.1. The molecule has 1 N–H and O–H groups in total. The Hall–Kier alpha value is -2.46. The Bertz CT molecular complexity index is 912. The first-order valence-corrected chi connectivity index (χ1v) is 10.7. The van der Waals surface area contributed by atoms with Crippen LogP contribution in [0.5, 0.6) is 0 Å². The van der Waals surface area contributed by atoms with Crippen LogP contribution in [0.4, 0.5) is 20.6 Å². The van der Waals surface area contributed by atoms with Crippen LogP contribution in [-0.4, -0.2) is 65.6 Å². The number of nitrogens with zero attached hydrogens (tertiary/aromatic N) is 2. The van der Waals surface area contributed by atoms with Gasteiger partial charge in [0.15, 0.2) is 0 Å². The summed E-state index contributed by atoms with van der Waals surface area (Å²) in [6, 6.07) is 4.69. The summed E-state index contributed by atoms with van der Waals surface area (Å²) >= 11 is 0.536. The van der Waals surface area contributed by atoms with Gasteiger partial charge >= 0.3 is 6.09 Å². The second kappa shape index (κ2) is 8.35. The maximum absolute atomic E-state index is 14.9. The molecule has 1 aromatic rings. The lowest BCUT2D eigenvalue weighted by molar-refractivity contribution is -0.119. The minimum Gasteiger partial charge on any atom is -0.442 e. The fourth-order valence-electron chi connectivity index (χ4n) is 4.31. The van der Waals surface area contributed by atoms with Crippen LogP contribution >= 0.6 is 0 Å². The SMILES string of the molecule is CC(=O)NC[C@H]1CN(c2ccc(N3CCC4(CC3)OCCC4=S=O)c(F)c2)C(=O)O1. The molecule has 10 heteroatoms. The van der Waals surface area contributed by atoms with Gasteiger partial charge in [-0.3, -0.25) is 9.69 Å². The topological polar surface area (TPSA) is 88.2 Å². The largest absolute Gasteiger partial charge is 0.442 e. The number of carbonyl (C=O) groups is 2. The van der Waals surface area contributed by atoms with E-state index in [1.165, 1.54) is 17.9 Å². The standard InChI is InChI=1S/C20H24FN3O5S/c1-13(25)22-11-15-12-24(19(26)29-15)14-2-3-17(16(21)10-14)23-7-5-20(6-8-23)18(30-27)4-9-28-20/h2-3,10,15H,4-9,11-12H2,1H3,(H,22,25)/t15-/m0/s1. The third-order valence-corrected chi connectivity index (χ3v) is 6.70. The highest BCUT2D eigenvalue weighted by atomic mass is 32.1. The summed E-state index contributed by atoms with van der Waals surface area (Å²) < 4.78 is 37.4.